The zero-order valence-electron chi connectivity index (χ0n) is 11.3. The second-order valence-corrected chi connectivity index (χ2v) is 4.80. The van der Waals surface area contributed by atoms with Crippen molar-refractivity contribution in [3.05, 3.63) is 36.7 Å². The maximum atomic E-state index is 12.1. The standard InChI is InChI=1S/C15H19N3O/c1-3-10(2)14(16)15(19)18-13-6-4-5-11-9-17-8-7-12(11)13/h4-10,14H,3,16H2,1-2H3,(H,18,19). The molecule has 0 fully saturated rings. The number of nitrogens with zero attached hydrogens (tertiary/aromatic N) is 1. The Hall–Kier alpha value is -1.94. The van der Waals surface area contributed by atoms with Gasteiger partial charge in [0.1, 0.15) is 0 Å². The SMILES string of the molecule is CCC(C)C(N)C(=O)Nc1cccc2cnccc12. The Bertz CT molecular complexity index is 577. The number of nitrogens with one attached hydrogen (secondary N) is 1. The quantitative estimate of drug-likeness (QED) is 0.884. The Labute approximate surface area is 113 Å². The van der Waals surface area contributed by atoms with Crippen LogP contribution in [0.15, 0.2) is 36.7 Å². The second kappa shape index (κ2) is 5.80. The number of hydrogen-bond acceptors (Lipinski definition) is 3. The molecule has 0 aliphatic heterocycles. The minimum Gasteiger partial charge on any atom is -0.324 e. The average Bonchev–Trinajstić information content (AvgIpc) is 2.46. The van der Waals surface area contributed by atoms with E-state index in [1.807, 2.05) is 38.1 Å². The topological polar surface area (TPSA) is 68.0 Å². The molecule has 2 aromatic rings. The summed E-state index contributed by atoms with van der Waals surface area (Å²) >= 11 is 0. The molecule has 1 heterocycles. The molecule has 1 amide bonds. The zero-order chi connectivity index (χ0) is 13.8. The van der Waals surface area contributed by atoms with E-state index in [1.165, 1.54) is 0 Å². The minimum atomic E-state index is -0.484. The molecule has 3 N–H and O–H groups in total. The Balaban J connectivity index is 2.24. The molecule has 1 aromatic carbocycles. The highest BCUT2D eigenvalue weighted by molar-refractivity contribution is 6.03. The fourth-order valence-corrected chi connectivity index (χ4v) is 1.96. The van der Waals surface area contributed by atoms with Gasteiger partial charge in [-0.2, -0.15) is 0 Å². The van der Waals surface area contributed by atoms with Gasteiger partial charge in [0, 0.05) is 28.9 Å². The van der Waals surface area contributed by atoms with Gasteiger partial charge in [-0.15, -0.1) is 0 Å². The van der Waals surface area contributed by atoms with Crippen LogP contribution in [0.2, 0.25) is 0 Å². The number of pyridine rings is 1. The van der Waals surface area contributed by atoms with Crippen molar-refractivity contribution < 1.29 is 4.79 Å². The molecule has 0 radical (unpaired) electrons. The third-order valence-electron chi connectivity index (χ3n) is 3.50. The van der Waals surface area contributed by atoms with Gasteiger partial charge in [-0.25, -0.2) is 0 Å². The van der Waals surface area contributed by atoms with Crippen LogP contribution in [0, 0.1) is 5.92 Å². The second-order valence-electron chi connectivity index (χ2n) is 4.80. The zero-order valence-corrected chi connectivity index (χ0v) is 11.3. The van der Waals surface area contributed by atoms with Crippen molar-refractivity contribution in [2.75, 3.05) is 5.32 Å². The number of fused-ring (bicyclic) bond motifs is 1. The van der Waals surface area contributed by atoms with Gasteiger partial charge >= 0.3 is 0 Å². The van der Waals surface area contributed by atoms with Crippen LogP contribution in [0.5, 0.6) is 0 Å². The third kappa shape index (κ3) is 2.90. The summed E-state index contributed by atoms with van der Waals surface area (Å²) in [5.41, 5.74) is 6.72. The van der Waals surface area contributed by atoms with Gasteiger partial charge in [0.25, 0.3) is 0 Å². The van der Waals surface area contributed by atoms with Crippen LogP contribution in [-0.2, 0) is 4.79 Å². The Morgan fingerprint density at radius 1 is 1.42 bits per heavy atom. The minimum absolute atomic E-state index is 0.140. The summed E-state index contributed by atoms with van der Waals surface area (Å²) in [6.45, 7) is 4.01. The normalized spacial score (nSPS) is 14.1. The van der Waals surface area contributed by atoms with Gasteiger partial charge in [-0.05, 0) is 18.1 Å². The molecule has 2 atom stereocenters. The number of nitrogens with two attached hydrogens (primary N) is 1. The van der Waals surface area contributed by atoms with E-state index in [0.29, 0.717) is 0 Å². The predicted octanol–water partition coefficient (Wildman–Crippen LogP) is 2.55. The number of benzene rings is 1. The number of carbonyl (C=O) groups is 1. The van der Waals surface area contributed by atoms with Crippen molar-refractivity contribution in [3.8, 4) is 0 Å². The lowest BCUT2D eigenvalue weighted by Crippen LogP contribution is -2.40. The molecule has 4 heteroatoms. The fourth-order valence-electron chi connectivity index (χ4n) is 1.96. The predicted molar refractivity (Wildman–Crippen MR) is 77.8 cm³/mol. The first-order chi connectivity index (χ1) is 9.13. The van der Waals surface area contributed by atoms with Crippen LogP contribution < -0.4 is 11.1 Å². The summed E-state index contributed by atoms with van der Waals surface area (Å²) in [7, 11) is 0. The van der Waals surface area contributed by atoms with Crippen molar-refractivity contribution >= 4 is 22.4 Å². The third-order valence-corrected chi connectivity index (χ3v) is 3.50. The van der Waals surface area contributed by atoms with Gasteiger partial charge < -0.3 is 11.1 Å². The van der Waals surface area contributed by atoms with Crippen LogP contribution in [0.1, 0.15) is 20.3 Å². The molecule has 2 rings (SSSR count). The number of rotatable bonds is 4. The lowest BCUT2D eigenvalue weighted by atomic mass is 9.99. The number of anilines is 1. The molecular formula is C15H19N3O. The molecule has 0 aliphatic carbocycles. The van der Waals surface area contributed by atoms with E-state index in [1.54, 1.807) is 12.4 Å². The van der Waals surface area contributed by atoms with E-state index in [9.17, 15) is 4.79 Å². The highest BCUT2D eigenvalue weighted by Crippen LogP contribution is 2.22. The average molecular weight is 257 g/mol. The van der Waals surface area contributed by atoms with Crippen LogP contribution >= 0.6 is 0 Å². The van der Waals surface area contributed by atoms with Crippen molar-refractivity contribution in [2.24, 2.45) is 11.7 Å². The fraction of sp³-hybridized carbons (Fsp3) is 0.333. The van der Waals surface area contributed by atoms with Crippen LogP contribution in [0.3, 0.4) is 0 Å². The van der Waals surface area contributed by atoms with Gasteiger partial charge in [0.15, 0.2) is 0 Å². The number of hydrogen-bond donors (Lipinski definition) is 2. The van der Waals surface area contributed by atoms with Crippen LogP contribution in [-0.4, -0.2) is 16.9 Å². The maximum Gasteiger partial charge on any atom is 0.241 e. The lowest BCUT2D eigenvalue weighted by molar-refractivity contribution is -0.118. The Morgan fingerprint density at radius 2 is 2.21 bits per heavy atom. The molecule has 0 saturated carbocycles. The van der Waals surface area contributed by atoms with E-state index in [4.69, 9.17) is 5.73 Å². The van der Waals surface area contributed by atoms with Crippen LogP contribution in [0.4, 0.5) is 5.69 Å². The van der Waals surface area contributed by atoms with E-state index >= 15 is 0 Å². The first-order valence-electron chi connectivity index (χ1n) is 6.52. The summed E-state index contributed by atoms with van der Waals surface area (Å²) in [6, 6.07) is 7.15. The summed E-state index contributed by atoms with van der Waals surface area (Å²) in [5.74, 6) is 0.0234. The molecule has 100 valence electrons. The van der Waals surface area contributed by atoms with Crippen molar-refractivity contribution in [2.45, 2.75) is 26.3 Å². The molecule has 19 heavy (non-hydrogen) atoms. The van der Waals surface area contributed by atoms with E-state index < -0.39 is 6.04 Å². The van der Waals surface area contributed by atoms with Gasteiger partial charge in [0.2, 0.25) is 5.91 Å². The molecule has 4 nitrogen and oxygen atoms in total. The molecule has 1 aromatic heterocycles. The molecule has 0 bridgehead atoms. The first-order valence-corrected chi connectivity index (χ1v) is 6.52. The Kier molecular flexibility index (Phi) is 4.12. The lowest BCUT2D eigenvalue weighted by Gasteiger charge is -2.18. The monoisotopic (exact) mass is 257 g/mol. The maximum absolute atomic E-state index is 12.1. The summed E-state index contributed by atoms with van der Waals surface area (Å²) in [5, 5.41) is 4.88. The number of aromatic nitrogens is 1. The van der Waals surface area contributed by atoms with E-state index in [2.05, 4.69) is 10.3 Å². The summed E-state index contributed by atoms with van der Waals surface area (Å²) < 4.78 is 0. The number of amides is 1. The van der Waals surface area contributed by atoms with E-state index in [0.717, 1.165) is 22.9 Å². The Morgan fingerprint density at radius 3 is 2.95 bits per heavy atom. The largest absolute Gasteiger partial charge is 0.324 e. The van der Waals surface area contributed by atoms with Crippen LogP contribution in [0.25, 0.3) is 10.8 Å². The molecular weight excluding hydrogens is 238 g/mol. The van der Waals surface area contributed by atoms with Crippen molar-refractivity contribution in [1.82, 2.24) is 4.98 Å². The smallest absolute Gasteiger partial charge is 0.241 e. The highest BCUT2D eigenvalue weighted by atomic mass is 16.2. The van der Waals surface area contributed by atoms with Gasteiger partial charge in [-0.1, -0.05) is 32.4 Å². The van der Waals surface area contributed by atoms with Gasteiger partial charge in [-0.3, -0.25) is 9.78 Å². The summed E-state index contributed by atoms with van der Waals surface area (Å²) in [6.07, 6.45) is 4.38. The number of carbonyl (C=O) groups excluding carboxylic acids is 1. The molecule has 0 aliphatic rings. The molecule has 0 saturated heterocycles. The first kappa shape index (κ1) is 13.5. The highest BCUT2D eigenvalue weighted by Gasteiger charge is 2.19. The van der Waals surface area contributed by atoms with Gasteiger partial charge in [0.05, 0.1) is 6.04 Å². The summed E-state index contributed by atoms with van der Waals surface area (Å²) in [4.78, 5) is 16.2. The van der Waals surface area contributed by atoms with E-state index in [-0.39, 0.29) is 11.8 Å². The van der Waals surface area contributed by atoms with Crippen molar-refractivity contribution in [1.29, 1.82) is 0 Å². The molecule has 0 spiro atoms. The van der Waals surface area contributed by atoms with Crippen molar-refractivity contribution in [3.63, 3.8) is 0 Å². The molecule has 2 unspecified atom stereocenters.